The van der Waals surface area contributed by atoms with Crippen LogP contribution in [0.15, 0.2) is 78.9 Å². The molecule has 170 valence electrons. The van der Waals surface area contributed by atoms with Crippen molar-refractivity contribution in [1.82, 2.24) is 0 Å². The van der Waals surface area contributed by atoms with E-state index in [0.717, 1.165) is 0 Å². The molecule has 0 radical (unpaired) electrons. The van der Waals surface area contributed by atoms with Crippen molar-refractivity contribution in [1.29, 1.82) is 0 Å². The number of anilines is 2. The van der Waals surface area contributed by atoms with Crippen LogP contribution in [0.5, 0.6) is 5.75 Å². The Morgan fingerprint density at radius 3 is 2.52 bits per heavy atom. The fourth-order valence-electron chi connectivity index (χ4n) is 3.53. The minimum atomic E-state index is -3.80. The van der Waals surface area contributed by atoms with Gasteiger partial charge in [-0.15, -0.1) is 0 Å². The Balaban J connectivity index is 1.58. The lowest BCUT2D eigenvalue weighted by Gasteiger charge is -2.34. The van der Waals surface area contributed by atoms with Crippen molar-refractivity contribution < 1.29 is 27.5 Å². The van der Waals surface area contributed by atoms with Crippen molar-refractivity contribution in [2.24, 2.45) is 0 Å². The Bertz CT molecular complexity index is 1280. The van der Waals surface area contributed by atoms with E-state index in [2.05, 4.69) is 5.32 Å². The summed E-state index contributed by atoms with van der Waals surface area (Å²) < 4.78 is 38.3. The molecule has 4 rings (SSSR count). The van der Waals surface area contributed by atoms with Gasteiger partial charge >= 0.3 is 5.97 Å². The summed E-state index contributed by atoms with van der Waals surface area (Å²) >= 11 is 0. The van der Waals surface area contributed by atoms with Crippen molar-refractivity contribution in [3.8, 4) is 5.75 Å². The smallest absolute Gasteiger partial charge is 0.337 e. The van der Waals surface area contributed by atoms with Gasteiger partial charge in [0.25, 0.3) is 5.91 Å². The highest BCUT2D eigenvalue weighted by Gasteiger charge is 2.36. The molecule has 1 N–H and O–H groups in total. The number of nitrogens with zero attached hydrogens (tertiary/aromatic N) is 1. The van der Waals surface area contributed by atoms with E-state index >= 15 is 0 Å². The predicted octanol–water partition coefficient (Wildman–Crippen LogP) is 3.21. The fourth-order valence-corrected chi connectivity index (χ4v) is 5.11. The first-order chi connectivity index (χ1) is 15.9. The summed E-state index contributed by atoms with van der Waals surface area (Å²) in [5, 5.41) is 2.69. The number of amides is 1. The van der Waals surface area contributed by atoms with Crippen molar-refractivity contribution in [3.63, 3.8) is 0 Å². The normalized spacial score (nSPS) is 15.2. The van der Waals surface area contributed by atoms with Crippen LogP contribution in [0.1, 0.15) is 15.9 Å². The Hall–Kier alpha value is -3.85. The molecule has 0 unspecified atom stereocenters. The van der Waals surface area contributed by atoms with Crippen LogP contribution in [0.25, 0.3) is 0 Å². The number of nitrogens with one attached hydrogen (secondary N) is 1. The number of carbonyl (C=O) groups is 2. The number of para-hydroxylation sites is 2. The molecule has 1 heterocycles. The van der Waals surface area contributed by atoms with Gasteiger partial charge in [-0.2, -0.15) is 0 Å². The largest absolute Gasteiger partial charge is 0.476 e. The summed E-state index contributed by atoms with van der Waals surface area (Å²) in [7, 11) is -2.53. The van der Waals surface area contributed by atoms with Crippen LogP contribution >= 0.6 is 0 Å². The number of hydrogen-bond acceptors (Lipinski definition) is 6. The summed E-state index contributed by atoms with van der Waals surface area (Å²) in [4.78, 5) is 24.7. The third-order valence-corrected chi connectivity index (χ3v) is 6.82. The zero-order chi connectivity index (χ0) is 23.4. The molecule has 33 heavy (non-hydrogen) atoms. The third kappa shape index (κ3) is 4.98. The molecule has 9 heteroatoms. The number of hydrogen-bond donors (Lipinski definition) is 1. The van der Waals surface area contributed by atoms with E-state index in [9.17, 15) is 18.0 Å². The Morgan fingerprint density at radius 1 is 1.03 bits per heavy atom. The SMILES string of the molecule is COC(=O)c1cccc(NC(=O)[C@@H]2CN(S(=O)(=O)Cc3ccccc3)c3ccccc3O2)c1. The lowest BCUT2D eigenvalue weighted by Crippen LogP contribution is -2.49. The maximum absolute atomic E-state index is 13.3. The zero-order valence-electron chi connectivity index (χ0n) is 17.8. The zero-order valence-corrected chi connectivity index (χ0v) is 18.6. The van der Waals surface area contributed by atoms with E-state index in [0.29, 0.717) is 22.7 Å². The number of methoxy groups -OCH3 is 1. The molecule has 1 atom stereocenters. The molecule has 0 fully saturated rings. The van der Waals surface area contributed by atoms with Gasteiger partial charge in [0.15, 0.2) is 6.10 Å². The topological polar surface area (TPSA) is 102 Å². The summed E-state index contributed by atoms with van der Waals surface area (Å²) in [6.45, 7) is -0.186. The summed E-state index contributed by atoms with van der Waals surface area (Å²) in [5.74, 6) is -0.986. The van der Waals surface area contributed by atoms with E-state index in [1.807, 2.05) is 6.07 Å². The van der Waals surface area contributed by atoms with Gasteiger partial charge in [0.1, 0.15) is 5.75 Å². The summed E-state index contributed by atoms with van der Waals surface area (Å²) in [5.41, 5.74) is 1.66. The monoisotopic (exact) mass is 466 g/mol. The second-order valence-corrected chi connectivity index (χ2v) is 9.30. The van der Waals surface area contributed by atoms with Gasteiger partial charge < -0.3 is 14.8 Å². The van der Waals surface area contributed by atoms with Crippen LogP contribution in [0.3, 0.4) is 0 Å². The van der Waals surface area contributed by atoms with Crippen LogP contribution in [0, 0.1) is 0 Å². The average Bonchev–Trinajstić information content (AvgIpc) is 2.83. The maximum Gasteiger partial charge on any atom is 0.337 e. The van der Waals surface area contributed by atoms with Gasteiger partial charge in [-0.1, -0.05) is 48.5 Å². The Kier molecular flexibility index (Phi) is 6.32. The van der Waals surface area contributed by atoms with E-state index < -0.39 is 28.0 Å². The second-order valence-electron chi connectivity index (χ2n) is 7.41. The molecular weight excluding hydrogens is 444 g/mol. The first kappa shape index (κ1) is 22.3. The molecule has 0 aromatic heterocycles. The average molecular weight is 467 g/mol. The molecule has 3 aromatic rings. The van der Waals surface area contributed by atoms with Gasteiger partial charge in [0.05, 0.1) is 30.7 Å². The number of carbonyl (C=O) groups excluding carboxylic acids is 2. The molecule has 0 saturated heterocycles. The molecular formula is C24H22N2O6S. The van der Waals surface area contributed by atoms with E-state index in [1.54, 1.807) is 66.7 Å². The highest BCUT2D eigenvalue weighted by molar-refractivity contribution is 7.92. The standard InChI is InChI=1S/C24H22N2O6S/c1-31-24(28)18-10-7-11-19(14-18)25-23(27)22-15-26(20-12-5-6-13-21(20)32-22)33(29,30)16-17-8-3-2-4-9-17/h2-14,22H,15-16H2,1H3,(H,25,27)/t22-/m0/s1. The summed E-state index contributed by atoms with van der Waals surface area (Å²) in [6.07, 6.45) is -1.09. The number of ether oxygens (including phenoxy) is 2. The van der Waals surface area contributed by atoms with Crippen LogP contribution in [0.4, 0.5) is 11.4 Å². The highest BCUT2D eigenvalue weighted by Crippen LogP contribution is 2.36. The van der Waals surface area contributed by atoms with Crippen molar-refractivity contribution in [2.75, 3.05) is 23.3 Å². The van der Waals surface area contributed by atoms with Gasteiger partial charge in [0.2, 0.25) is 10.0 Å². The van der Waals surface area contributed by atoms with Crippen LogP contribution < -0.4 is 14.4 Å². The molecule has 0 spiro atoms. The summed E-state index contributed by atoms with van der Waals surface area (Å²) in [6, 6.07) is 21.8. The van der Waals surface area contributed by atoms with Crippen LogP contribution in [-0.4, -0.2) is 40.1 Å². The number of esters is 1. The van der Waals surface area contributed by atoms with Crippen LogP contribution in [-0.2, 0) is 25.3 Å². The van der Waals surface area contributed by atoms with Crippen molar-refractivity contribution in [2.45, 2.75) is 11.9 Å². The van der Waals surface area contributed by atoms with Gasteiger partial charge in [-0.25, -0.2) is 13.2 Å². The lowest BCUT2D eigenvalue weighted by atomic mass is 10.2. The predicted molar refractivity (Wildman–Crippen MR) is 124 cm³/mol. The van der Waals surface area contributed by atoms with Crippen molar-refractivity contribution >= 4 is 33.3 Å². The second kappa shape index (κ2) is 9.33. The Labute approximate surface area is 191 Å². The van der Waals surface area contributed by atoms with E-state index in [4.69, 9.17) is 9.47 Å². The molecule has 8 nitrogen and oxygen atoms in total. The minimum absolute atomic E-state index is 0.186. The van der Waals surface area contributed by atoms with Gasteiger partial charge in [-0.3, -0.25) is 9.10 Å². The van der Waals surface area contributed by atoms with Gasteiger partial charge in [-0.05, 0) is 35.9 Å². The molecule has 0 bridgehead atoms. The minimum Gasteiger partial charge on any atom is -0.476 e. The highest BCUT2D eigenvalue weighted by atomic mass is 32.2. The maximum atomic E-state index is 13.3. The van der Waals surface area contributed by atoms with E-state index in [-0.39, 0.29) is 17.9 Å². The fraction of sp³-hybridized carbons (Fsp3) is 0.167. The number of sulfonamides is 1. The number of benzene rings is 3. The molecule has 1 amide bonds. The first-order valence-corrected chi connectivity index (χ1v) is 11.8. The first-order valence-electron chi connectivity index (χ1n) is 10.2. The lowest BCUT2D eigenvalue weighted by molar-refractivity contribution is -0.122. The number of fused-ring (bicyclic) bond motifs is 1. The molecule has 3 aromatic carbocycles. The third-order valence-electron chi connectivity index (χ3n) is 5.11. The quantitative estimate of drug-likeness (QED) is 0.560. The molecule has 1 aliphatic rings. The van der Waals surface area contributed by atoms with Crippen LogP contribution in [0.2, 0.25) is 0 Å². The van der Waals surface area contributed by atoms with E-state index in [1.165, 1.54) is 17.5 Å². The molecule has 1 aliphatic heterocycles. The number of rotatable bonds is 6. The van der Waals surface area contributed by atoms with Crippen molar-refractivity contribution in [3.05, 3.63) is 90.0 Å². The molecule has 0 saturated carbocycles. The molecule has 0 aliphatic carbocycles. The Morgan fingerprint density at radius 2 is 1.76 bits per heavy atom. The van der Waals surface area contributed by atoms with Gasteiger partial charge in [0, 0.05) is 5.69 Å².